The highest BCUT2D eigenvalue weighted by molar-refractivity contribution is 6.05. The van der Waals surface area contributed by atoms with Gasteiger partial charge in [0.1, 0.15) is 18.1 Å². The minimum absolute atomic E-state index is 0.174. The van der Waals surface area contributed by atoms with Crippen LogP contribution in [0.5, 0.6) is 11.5 Å². The van der Waals surface area contributed by atoms with Crippen molar-refractivity contribution in [2.75, 3.05) is 17.7 Å². The van der Waals surface area contributed by atoms with Crippen molar-refractivity contribution < 1.29 is 19.1 Å². The average Bonchev–Trinajstić information content (AvgIpc) is 2.72. The zero-order valence-electron chi connectivity index (χ0n) is 17.2. The van der Waals surface area contributed by atoms with E-state index in [1.54, 1.807) is 49.6 Å². The zero-order valence-corrected chi connectivity index (χ0v) is 17.2. The first-order valence-corrected chi connectivity index (χ1v) is 9.50. The first kappa shape index (κ1) is 20.9. The second-order valence-corrected chi connectivity index (χ2v) is 6.85. The fraction of sp³-hybridized carbons (Fsp3) is 0.167. The summed E-state index contributed by atoms with van der Waals surface area (Å²) in [5.74, 6) is 0.954. The predicted molar refractivity (Wildman–Crippen MR) is 117 cm³/mol. The molecule has 3 rings (SSSR count). The molecular formula is C24H24N2O4. The molecule has 0 saturated carbocycles. The Morgan fingerprint density at radius 3 is 2.33 bits per heavy atom. The van der Waals surface area contributed by atoms with Crippen molar-refractivity contribution in [3.63, 3.8) is 0 Å². The van der Waals surface area contributed by atoms with Gasteiger partial charge in [0.2, 0.25) is 5.91 Å². The van der Waals surface area contributed by atoms with Gasteiger partial charge in [0.05, 0.1) is 7.11 Å². The number of methoxy groups -OCH3 is 1. The van der Waals surface area contributed by atoms with Gasteiger partial charge in [0.15, 0.2) is 0 Å². The Bertz CT molecular complexity index is 1060. The first-order valence-electron chi connectivity index (χ1n) is 9.50. The molecule has 3 aromatic rings. The van der Waals surface area contributed by atoms with E-state index in [4.69, 9.17) is 9.47 Å². The molecule has 2 amide bonds. The van der Waals surface area contributed by atoms with Crippen molar-refractivity contribution in [3.8, 4) is 11.5 Å². The fourth-order valence-corrected chi connectivity index (χ4v) is 2.98. The van der Waals surface area contributed by atoms with Crippen LogP contribution in [0, 0.1) is 6.92 Å². The standard InChI is InChI=1S/C24H24N2O4/c1-16-6-4-9-22(12-16)30-15-19-13-18(10-11-23(19)29-3)24(28)26-21-8-5-7-20(14-21)25-17(2)27/h4-14H,15H2,1-3H3,(H,25,27)(H,26,28). The van der Waals surface area contributed by atoms with Gasteiger partial charge >= 0.3 is 0 Å². The largest absolute Gasteiger partial charge is 0.496 e. The lowest BCUT2D eigenvalue weighted by Crippen LogP contribution is -2.13. The first-order chi connectivity index (χ1) is 14.4. The number of rotatable bonds is 7. The smallest absolute Gasteiger partial charge is 0.255 e. The molecule has 154 valence electrons. The summed E-state index contributed by atoms with van der Waals surface area (Å²) >= 11 is 0. The number of amides is 2. The van der Waals surface area contributed by atoms with Crippen LogP contribution in [0.4, 0.5) is 11.4 Å². The number of hydrogen-bond donors (Lipinski definition) is 2. The summed E-state index contributed by atoms with van der Waals surface area (Å²) in [7, 11) is 1.58. The monoisotopic (exact) mass is 404 g/mol. The van der Waals surface area contributed by atoms with Crippen LogP contribution in [0.2, 0.25) is 0 Å². The van der Waals surface area contributed by atoms with E-state index in [1.807, 2.05) is 31.2 Å². The van der Waals surface area contributed by atoms with Crippen LogP contribution >= 0.6 is 0 Å². The lowest BCUT2D eigenvalue weighted by Gasteiger charge is -2.13. The van der Waals surface area contributed by atoms with Crippen molar-refractivity contribution in [3.05, 3.63) is 83.4 Å². The number of carbonyl (C=O) groups excluding carboxylic acids is 2. The molecule has 30 heavy (non-hydrogen) atoms. The number of carbonyl (C=O) groups is 2. The summed E-state index contributed by atoms with van der Waals surface area (Å²) in [5, 5.41) is 5.54. The van der Waals surface area contributed by atoms with E-state index in [-0.39, 0.29) is 18.4 Å². The fourth-order valence-electron chi connectivity index (χ4n) is 2.98. The minimum Gasteiger partial charge on any atom is -0.496 e. The Morgan fingerprint density at radius 2 is 1.63 bits per heavy atom. The maximum atomic E-state index is 12.7. The van der Waals surface area contributed by atoms with Gasteiger partial charge < -0.3 is 20.1 Å². The third-order valence-electron chi connectivity index (χ3n) is 4.37. The third kappa shape index (κ3) is 5.61. The summed E-state index contributed by atoms with van der Waals surface area (Å²) in [6.07, 6.45) is 0. The lowest BCUT2D eigenvalue weighted by molar-refractivity contribution is -0.114. The molecule has 0 radical (unpaired) electrons. The highest BCUT2D eigenvalue weighted by Crippen LogP contribution is 2.24. The molecule has 3 aromatic carbocycles. The van der Waals surface area contributed by atoms with Gasteiger partial charge in [0.25, 0.3) is 5.91 Å². The van der Waals surface area contributed by atoms with E-state index in [9.17, 15) is 9.59 Å². The summed E-state index contributed by atoms with van der Waals surface area (Å²) in [5.41, 5.74) is 3.54. The van der Waals surface area contributed by atoms with Crippen LogP contribution in [-0.4, -0.2) is 18.9 Å². The molecule has 6 heteroatoms. The van der Waals surface area contributed by atoms with E-state index < -0.39 is 0 Å². The topological polar surface area (TPSA) is 76.7 Å². The number of hydrogen-bond acceptors (Lipinski definition) is 4. The van der Waals surface area contributed by atoms with Gasteiger partial charge in [-0.2, -0.15) is 0 Å². The summed E-state index contributed by atoms with van der Waals surface area (Å²) < 4.78 is 11.3. The lowest BCUT2D eigenvalue weighted by atomic mass is 10.1. The molecule has 2 N–H and O–H groups in total. The molecule has 0 unspecified atom stereocenters. The van der Waals surface area contributed by atoms with Crippen LogP contribution in [0.25, 0.3) is 0 Å². The molecule has 0 aliphatic carbocycles. The maximum Gasteiger partial charge on any atom is 0.255 e. The third-order valence-corrected chi connectivity index (χ3v) is 4.37. The molecule has 0 aliphatic rings. The predicted octanol–water partition coefficient (Wildman–Crippen LogP) is 4.79. The van der Waals surface area contributed by atoms with Gasteiger partial charge in [0, 0.05) is 29.4 Å². The Morgan fingerprint density at radius 1 is 0.900 bits per heavy atom. The average molecular weight is 404 g/mol. The van der Waals surface area contributed by atoms with E-state index in [0.29, 0.717) is 22.7 Å². The van der Waals surface area contributed by atoms with Crippen molar-refractivity contribution in [1.29, 1.82) is 0 Å². The number of nitrogens with one attached hydrogen (secondary N) is 2. The highest BCUT2D eigenvalue weighted by Gasteiger charge is 2.12. The quantitative estimate of drug-likeness (QED) is 0.593. The van der Waals surface area contributed by atoms with E-state index in [1.165, 1.54) is 6.92 Å². The van der Waals surface area contributed by atoms with Gasteiger partial charge in [-0.05, 0) is 61.0 Å². The van der Waals surface area contributed by atoms with E-state index >= 15 is 0 Å². The van der Waals surface area contributed by atoms with Crippen molar-refractivity contribution in [1.82, 2.24) is 0 Å². The Labute approximate surface area is 175 Å². The molecule has 0 aromatic heterocycles. The molecule has 0 aliphatic heterocycles. The molecule has 0 bridgehead atoms. The van der Waals surface area contributed by atoms with Gasteiger partial charge in [-0.1, -0.05) is 18.2 Å². The Hall–Kier alpha value is -3.80. The summed E-state index contributed by atoms with van der Waals surface area (Å²) in [6, 6.07) is 19.9. The van der Waals surface area contributed by atoms with Gasteiger partial charge in [-0.15, -0.1) is 0 Å². The maximum absolute atomic E-state index is 12.7. The second-order valence-electron chi connectivity index (χ2n) is 6.85. The number of anilines is 2. The van der Waals surface area contributed by atoms with E-state index in [2.05, 4.69) is 10.6 Å². The van der Waals surface area contributed by atoms with Crippen molar-refractivity contribution in [2.24, 2.45) is 0 Å². The molecule has 0 heterocycles. The van der Waals surface area contributed by atoms with Crippen molar-refractivity contribution in [2.45, 2.75) is 20.5 Å². The second kappa shape index (κ2) is 9.60. The minimum atomic E-state index is -0.269. The molecular weight excluding hydrogens is 380 g/mol. The zero-order chi connectivity index (χ0) is 21.5. The molecule has 6 nitrogen and oxygen atoms in total. The highest BCUT2D eigenvalue weighted by atomic mass is 16.5. The van der Waals surface area contributed by atoms with E-state index in [0.717, 1.165) is 16.9 Å². The number of ether oxygens (including phenoxy) is 2. The van der Waals surface area contributed by atoms with Crippen molar-refractivity contribution >= 4 is 23.2 Å². The van der Waals surface area contributed by atoms with Crippen LogP contribution in [0.15, 0.2) is 66.7 Å². The summed E-state index contributed by atoms with van der Waals surface area (Å²) in [4.78, 5) is 24.0. The molecule has 0 atom stereocenters. The molecule has 0 fully saturated rings. The SMILES string of the molecule is COc1ccc(C(=O)Nc2cccc(NC(C)=O)c2)cc1COc1cccc(C)c1. The van der Waals surface area contributed by atoms with Crippen LogP contribution < -0.4 is 20.1 Å². The molecule has 0 saturated heterocycles. The summed E-state index contributed by atoms with van der Waals surface area (Å²) in [6.45, 7) is 3.70. The van der Waals surface area contributed by atoms with Gasteiger partial charge in [-0.25, -0.2) is 0 Å². The molecule has 0 spiro atoms. The Balaban J connectivity index is 1.75. The normalized spacial score (nSPS) is 10.2. The number of aryl methyl sites for hydroxylation is 1. The van der Waals surface area contributed by atoms with Crippen LogP contribution in [0.3, 0.4) is 0 Å². The van der Waals surface area contributed by atoms with Crippen LogP contribution in [-0.2, 0) is 11.4 Å². The van der Waals surface area contributed by atoms with Gasteiger partial charge in [-0.3, -0.25) is 9.59 Å². The van der Waals surface area contributed by atoms with Crippen LogP contribution in [0.1, 0.15) is 28.4 Å². The number of benzene rings is 3. The Kier molecular flexibility index (Phi) is 6.70.